The third kappa shape index (κ3) is 7.56. The first kappa shape index (κ1) is 21.2. The minimum atomic E-state index is -4.29. The van der Waals surface area contributed by atoms with Crippen LogP contribution in [-0.2, 0) is 4.74 Å². The average Bonchev–Trinajstić information content (AvgIpc) is 2.61. The molecular weight excluding hydrogens is 363 g/mol. The fourth-order valence-corrected chi connectivity index (χ4v) is 2.77. The molecule has 1 aliphatic rings. The first-order chi connectivity index (χ1) is 12.7. The molecule has 0 atom stereocenters. The number of alkyl halides is 3. The highest BCUT2D eigenvalue weighted by molar-refractivity contribution is 5.96. The van der Waals surface area contributed by atoms with Gasteiger partial charge in [0, 0.05) is 50.6 Å². The minimum absolute atomic E-state index is 0.0622. The fraction of sp³-hybridized carbons (Fsp3) is 0.556. The smallest absolute Gasteiger partial charge is 0.372 e. The Morgan fingerprint density at radius 3 is 2.52 bits per heavy atom. The zero-order valence-corrected chi connectivity index (χ0v) is 15.2. The largest absolute Gasteiger partial charge is 0.411 e. The summed E-state index contributed by atoms with van der Waals surface area (Å²) in [5.41, 5.74) is 1.10. The Kier molecular flexibility index (Phi) is 7.61. The van der Waals surface area contributed by atoms with Crippen LogP contribution in [0.25, 0.3) is 0 Å². The van der Waals surface area contributed by atoms with E-state index in [1.807, 2.05) is 0 Å². The second-order valence-corrected chi connectivity index (χ2v) is 6.42. The molecule has 2 rings (SSSR count). The highest BCUT2D eigenvalue weighted by Crippen LogP contribution is 2.15. The van der Waals surface area contributed by atoms with Crippen LogP contribution < -0.4 is 5.32 Å². The molecule has 1 saturated heterocycles. The second kappa shape index (κ2) is 9.70. The number of halogens is 3. The summed E-state index contributed by atoms with van der Waals surface area (Å²) in [7, 11) is 0. The number of ketones is 1. The lowest BCUT2D eigenvalue weighted by Gasteiger charge is -2.34. The number of amides is 2. The number of rotatable bonds is 7. The molecule has 1 aromatic rings. The third-order valence-electron chi connectivity index (χ3n) is 4.21. The summed E-state index contributed by atoms with van der Waals surface area (Å²) < 4.78 is 40.5. The van der Waals surface area contributed by atoms with Crippen molar-refractivity contribution < 1.29 is 27.5 Å². The molecule has 9 heteroatoms. The van der Waals surface area contributed by atoms with E-state index in [0.717, 1.165) is 0 Å². The van der Waals surface area contributed by atoms with Gasteiger partial charge in [0.25, 0.3) is 0 Å². The number of hydrogen-bond acceptors (Lipinski definition) is 4. The zero-order chi connectivity index (χ0) is 19.9. The monoisotopic (exact) mass is 387 g/mol. The quantitative estimate of drug-likeness (QED) is 0.577. The van der Waals surface area contributed by atoms with Crippen molar-refractivity contribution in [1.82, 2.24) is 9.80 Å². The Morgan fingerprint density at radius 1 is 1.19 bits per heavy atom. The Bertz CT molecular complexity index is 644. The molecule has 1 heterocycles. The molecule has 1 fully saturated rings. The first-order valence-electron chi connectivity index (χ1n) is 8.78. The number of piperazine rings is 1. The van der Waals surface area contributed by atoms with E-state index in [-0.39, 0.29) is 18.4 Å². The number of hydrogen-bond donors (Lipinski definition) is 1. The van der Waals surface area contributed by atoms with Gasteiger partial charge in [0.1, 0.15) is 6.61 Å². The van der Waals surface area contributed by atoms with Crippen molar-refractivity contribution in [2.45, 2.75) is 19.5 Å². The molecule has 0 bridgehead atoms. The van der Waals surface area contributed by atoms with Crippen LogP contribution in [0, 0.1) is 0 Å². The van der Waals surface area contributed by atoms with Crippen LogP contribution in [-0.4, -0.2) is 73.7 Å². The maximum atomic E-state index is 12.3. The molecule has 2 amide bonds. The van der Waals surface area contributed by atoms with Gasteiger partial charge in [0.05, 0.1) is 0 Å². The standard InChI is InChI=1S/C18H24F3N3O3/c1-14(25)15-4-2-5-16(12-15)22-17(26)24-9-7-23(8-10-24)6-3-11-27-13-18(19,20)21/h2,4-5,12H,3,6-11,13H2,1H3,(H,22,26). The van der Waals surface area contributed by atoms with Crippen LogP contribution in [0.2, 0.25) is 0 Å². The number of carbonyl (C=O) groups is 2. The lowest BCUT2D eigenvalue weighted by Crippen LogP contribution is -2.50. The molecule has 6 nitrogen and oxygen atoms in total. The van der Waals surface area contributed by atoms with Crippen molar-refractivity contribution in [2.75, 3.05) is 51.3 Å². The van der Waals surface area contributed by atoms with E-state index in [0.29, 0.717) is 50.4 Å². The van der Waals surface area contributed by atoms with E-state index in [2.05, 4.69) is 15.0 Å². The Hall–Kier alpha value is -2.13. The molecule has 150 valence electrons. The summed E-state index contributed by atoms with van der Waals surface area (Å²) in [5.74, 6) is -0.0704. The van der Waals surface area contributed by atoms with Gasteiger partial charge in [0.15, 0.2) is 5.78 Å². The number of carbonyl (C=O) groups excluding carboxylic acids is 2. The number of urea groups is 1. The van der Waals surface area contributed by atoms with Crippen LogP contribution in [0.3, 0.4) is 0 Å². The molecule has 0 aromatic heterocycles. The molecule has 0 unspecified atom stereocenters. The van der Waals surface area contributed by atoms with Crippen LogP contribution >= 0.6 is 0 Å². The molecule has 1 aromatic carbocycles. The van der Waals surface area contributed by atoms with E-state index in [1.54, 1.807) is 29.2 Å². The summed E-state index contributed by atoms with van der Waals surface area (Å²) in [6.07, 6.45) is -3.77. The second-order valence-electron chi connectivity index (χ2n) is 6.42. The SMILES string of the molecule is CC(=O)c1cccc(NC(=O)N2CCN(CCCOCC(F)(F)F)CC2)c1. The highest BCUT2D eigenvalue weighted by Gasteiger charge is 2.27. The van der Waals surface area contributed by atoms with Gasteiger partial charge in [-0.15, -0.1) is 0 Å². The predicted molar refractivity (Wildman–Crippen MR) is 95.0 cm³/mol. The maximum Gasteiger partial charge on any atom is 0.411 e. The molecule has 27 heavy (non-hydrogen) atoms. The van der Waals surface area contributed by atoms with Gasteiger partial charge in [-0.25, -0.2) is 4.79 Å². The van der Waals surface area contributed by atoms with E-state index >= 15 is 0 Å². The van der Waals surface area contributed by atoms with E-state index in [1.165, 1.54) is 6.92 Å². The summed E-state index contributed by atoms with van der Waals surface area (Å²) in [5, 5.41) is 2.79. The Morgan fingerprint density at radius 2 is 1.89 bits per heavy atom. The van der Waals surface area contributed by atoms with Gasteiger partial charge in [-0.2, -0.15) is 13.2 Å². The normalized spacial score (nSPS) is 15.6. The molecule has 0 aliphatic carbocycles. The van der Waals surface area contributed by atoms with Crippen LogP contribution in [0.1, 0.15) is 23.7 Å². The number of nitrogens with zero attached hydrogens (tertiary/aromatic N) is 2. The van der Waals surface area contributed by atoms with E-state index < -0.39 is 12.8 Å². The summed E-state index contributed by atoms with van der Waals surface area (Å²) >= 11 is 0. The van der Waals surface area contributed by atoms with Crippen molar-refractivity contribution in [3.63, 3.8) is 0 Å². The molecule has 1 N–H and O–H groups in total. The lowest BCUT2D eigenvalue weighted by atomic mass is 10.1. The number of benzene rings is 1. The number of ether oxygens (including phenoxy) is 1. The summed E-state index contributed by atoms with van der Waals surface area (Å²) in [6.45, 7) is 3.31. The lowest BCUT2D eigenvalue weighted by molar-refractivity contribution is -0.174. The van der Waals surface area contributed by atoms with Gasteiger partial charge < -0.3 is 15.0 Å². The van der Waals surface area contributed by atoms with Crippen molar-refractivity contribution >= 4 is 17.5 Å². The first-order valence-corrected chi connectivity index (χ1v) is 8.78. The van der Waals surface area contributed by atoms with Crippen molar-refractivity contribution in [3.8, 4) is 0 Å². The molecule has 1 aliphatic heterocycles. The minimum Gasteiger partial charge on any atom is -0.372 e. The van der Waals surface area contributed by atoms with Gasteiger partial charge in [-0.05, 0) is 25.5 Å². The van der Waals surface area contributed by atoms with Crippen molar-refractivity contribution in [2.24, 2.45) is 0 Å². The van der Waals surface area contributed by atoms with Crippen LogP contribution in [0.15, 0.2) is 24.3 Å². The zero-order valence-electron chi connectivity index (χ0n) is 15.2. The number of Topliss-reactive ketones (excluding diaryl/α,β-unsaturated/α-hetero) is 1. The van der Waals surface area contributed by atoms with Crippen molar-refractivity contribution in [3.05, 3.63) is 29.8 Å². The molecule has 0 saturated carbocycles. The van der Waals surface area contributed by atoms with Crippen molar-refractivity contribution in [1.29, 1.82) is 0 Å². The van der Waals surface area contributed by atoms with Gasteiger partial charge in [-0.1, -0.05) is 12.1 Å². The summed E-state index contributed by atoms with van der Waals surface area (Å²) in [6, 6.07) is 6.53. The van der Waals surface area contributed by atoms with Gasteiger partial charge in [0.2, 0.25) is 0 Å². The van der Waals surface area contributed by atoms with E-state index in [9.17, 15) is 22.8 Å². The maximum absolute atomic E-state index is 12.3. The van der Waals surface area contributed by atoms with Crippen LogP contribution in [0.5, 0.6) is 0 Å². The fourth-order valence-electron chi connectivity index (χ4n) is 2.77. The highest BCUT2D eigenvalue weighted by atomic mass is 19.4. The van der Waals surface area contributed by atoms with Crippen LogP contribution in [0.4, 0.5) is 23.7 Å². The predicted octanol–water partition coefficient (Wildman–Crippen LogP) is 3.01. The third-order valence-corrected chi connectivity index (χ3v) is 4.21. The Labute approximate surface area is 156 Å². The molecule has 0 radical (unpaired) electrons. The average molecular weight is 387 g/mol. The van der Waals surface area contributed by atoms with E-state index in [4.69, 9.17) is 0 Å². The summed E-state index contributed by atoms with van der Waals surface area (Å²) in [4.78, 5) is 27.5. The van der Waals surface area contributed by atoms with Gasteiger partial charge >= 0.3 is 12.2 Å². The topological polar surface area (TPSA) is 61.9 Å². The number of anilines is 1. The molecular formula is C18H24F3N3O3. The Balaban J connectivity index is 1.68. The van der Waals surface area contributed by atoms with Gasteiger partial charge in [-0.3, -0.25) is 9.69 Å². The number of nitrogens with one attached hydrogen (secondary N) is 1. The molecule has 0 spiro atoms.